The van der Waals surface area contributed by atoms with Crippen molar-refractivity contribution < 1.29 is 9.84 Å². The first kappa shape index (κ1) is 11.9. The first-order valence-electron chi connectivity index (χ1n) is 5.21. The van der Waals surface area contributed by atoms with Gasteiger partial charge in [-0.1, -0.05) is 13.8 Å². The number of aliphatic hydroxyl groups is 1. The molecule has 0 radical (unpaired) electrons. The highest BCUT2D eigenvalue weighted by Crippen LogP contribution is 2.25. The summed E-state index contributed by atoms with van der Waals surface area (Å²) in [5, 5.41) is 9.47. The van der Waals surface area contributed by atoms with Crippen LogP contribution >= 0.6 is 0 Å². The van der Waals surface area contributed by atoms with Crippen LogP contribution in [0.2, 0.25) is 0 Å². The molecule has 1 aromatic carbocycles. The van der Waals surface area contributed by atoms with E-state index in [4.69, 9.17) is 10.5 Å². The molecule has 1 aromatic rings. The molecule has 1 rings (SSSR count). The predicted octanol–water partition coefficient (Wildman–Crippen LogP) is 2.36. The number of hydrogen-bond donors (Lipinski definition) is 2. The Kier molecular flexibility index (Phi) is 3.97. The fraction of sp³-hybridized carbons (Fsp3) is 0.500. The van der Waals surface area contributed by atoms with E-state index in [1.807, 2.05) is 6.07 Å². The summed E-state index contributed by atoms with van der Waals surface area (Å²) in [4.78, 5) is 0. The number of benzene rings is 1. The van der Waals surface area contributed by atoms with Gasteiger partial charge in [0.05, 0.1) is 12.7 Å². The number of aliphatic hydroxyl groups excluding tert-OH is 1. The van der Waals surface area contributed by atoms with Crippen LogP contribution in [0.5, 0.6) is 5.75 Å². The first-order valence-corrected chi connectivity index (χ1v) is 5.21. The van der Waals surface area contributed by atoms with Gasteiger partial charge in [0, 0.05) is 11.3 Å². The van der Waals surface area contributed by atoms with Gasteiger partial charge in [-0.05, 0) is 31.0 Å². The van der Waals surface area contributed by atoms with Crippen molar-refractivity contribution in [1.82, 2.24) is 0 Å². The van der Waals surface area contributed by atoms with Gasteiger partial charge in [0.1, 0.15) is 5.75 Å². The Hall–Kier alpha value is -1.22. The summed E-state index contributed by atoms with van der Waals surface area (Å²) in [5.74, 6) is 1.24. The van der Waals surface area contributed by atoms with E-state index in [0.717, 1.165) is 11.3 Å². The molecule has 0 amide bonds. The molecule has 1 unspecified atom stereocenters. The number of ether oxygens (including phenoxy) is 1. The van der Waals surface area contributed by atoms with Crippen LogP contribution in [0.15, 0.2) is 18.2 Å². The smallest absolute Gasteiger partial charge is 0.119 e. The summed E-state index contributed by atoms with van der Waals surface area (Å²) in [6, 6.07) is 5.38. The number of anilines is 1. The van der Waals surface area contributed by atoms with E-state index in [9.17, 15) is 5.11 Å². The summed E-state index contributed by atoms with van der Waals surface area (Å²) < 4.78 is 5.55. The maximum atomic E-state index is 9.47. The molecule has 0 heterocycles. The average Bonchev–Trinajstić information content (AvgIpc) is 2.16. The number of hydrogen-bond acceptors (Lipinski definition) is 3. The maximum Gasteiger partial charge on any atom is 0.119 e. The van der Waals surface area contributed by atoms with Gasteiger partial charge >= 0.3 is 0 Å². The highest BCUT2D eigenvalue weighted by molar-refractivity contribution is 5.51. The van der Waals surface area contributed by atoms with E-state index >= 15 is 0 Å². The van der Waals surface area contributed by atoms with Crippen LogP contribution in [0, 0.1) is 5.92 Å². The molecule has 0 aliphatic heterocycles. The molecule has 0 aromatic heterocycles. The minimum absolute atomic E-state index is 0.484. The lowest BCUT2D eigenvalue weighted by atomic mass is 10.1. The van der Waals surface area contributed by atoms with E-state index in [1.54, 1.807) is 19.1 Å². The molecule has 3 heteroatoms. The number of rotatable bonds is 4. The Morgan fingerprint density at radius 1 is 1.33 bits per heavy atom. The van der Waals surface area contributed by atoms with Gasteiger partial charge in [-0.3, -0.25) is 0 Å². The van der Waals surface area contributed by atoms with Crippen LogP contribution in [0.25, 0.3) is 0 Å². The van der Waals surface area contributed by atoms with E-state index in [1.165, 1.54) is 0 Å². The molecule has 0 spiro atoms. The van der Waals surface area contributed by atoms with Crippen molar-refractivity contribution in [2.75, 3.05) is 12.3 Å². The maximum absolute atomic E-state index is 9.47. The molecule has 0 fully saturated rings. The summed E-state index contributed by atoms with van der Waals surface area (Å²) in [6.45, 7) is 6.54. The molecule has 84 valence electrons. The van der Waals surface area contributed by atoms with Crippen LogP contribution in [-0.2, 0) is 0 Å². The van der Waals surface area contributed by atoms with Crippen molar-refractivity contribution in [3.8, 4) is 5.75 Å². The van der Waals surface area contributed by atoms with Gasteiger partial charge in [-0.2, -0.15) is 0 Å². The predicted molar refractivity (Wildman–Crippen MR) is 61.8 cm³/mol. The van der Waals surface area contributed by atoms with Crippen molar-refractivity contribution in [3.05, 3.63) is 23.8 Å². The largest absolute Gasteiger partial charge is 0.493 e. The topological polar surface area (TPSA) is 55.5 Å². The fourth-order valence-corrected chi connectivity index (χ4v) is 1.27. The highest BCUT2D eigenvalue weighted by Gasteiger charge is 2.07. The number of nitrogen functional groups attached to an aromatic ring is 1. The monoisotopic (exact) mass is 209 g/mol. The van der Waals surface area contributed by atoms with Gasteiger partial charge in [-0.15, -0.1) is 0 Å². The molecular weight excluding hydrogens is 190 g/mol. The van der Waals surface area contributed by atoms with Gasteiger partial charge in [0.25, 0.3) is 0 Å². The summed E-state index contributed by atoms with van der Waals surface area (Å²) in [7, 11) is 0. The van der Waals surface area contributed by atoms with Gasteiger partial charge in [-0.25, -0.2) is 0 Å². The first-order chi connectivity index (χ1) is 7.00. The third kappa shape index (κ3) is 3.44. The lowest BCUT2D eigenvalue weighted by Gasteiger charge is -2.13. The lowest BCUT2D eigenvalue weighted by Crippen LogP contribution is -2.06. The Morgan fingerprint density at radius 3 is 2.53 bits per heavy atom. The summed E-state index contributed by atoms with van der Waals surface area (Å²) in [5.41, 5.74) is 7.05. The Balaban J connectivity index is 2.78. The van der Waals surface area contributed by atoms with Crippen molar-refractivity contribution >= 4 is 5.69 Å². The molecule has 0 saturated carbocycles. The second-order valence-electron chi connectivity index (χ2n) is 4.17. The van der Waals surface area contributed by atoms with Crippen molar-refractivity contribution in [1.29, 1.82) is 0 Å². The van der Waals surface area contributed by atoms with Crippen LogP contribution in [-0.4, -0.2) is 11.7 Å². The van der Waals surface area contributed by atoms with Crippen LogP contribution in [0.4, 0.5) is 5.69 Å². The van der Waals surface area contributed by atoms with Gasteiger partial charge < -0.3 is 15.6 Å². The second-order valence-corrected chi connectivity index (χ2v) is 4.17. The molecule has 15 heavy (non-hydrogen) atoms. The normalized spacial score (nSPS) is 12.9. The zero-order chi connectivity index (χ0) is 11.4. The third-order valence-electron chi connectivity index (χ3n) is 2.09. The summed E-state index contributed by atoms with van der Waals surface area (Å²) >= 11 is 0. The van der Waals surface area contributed by atoms with Gasteiger partial charge in [0.15, 0.2) is 0 Å². The Bertz CT molecular complexity index is 321. The van der Waals surface area contributed by atoms with Crippen LogP contribution in [0.3, 0.4) is 0 Å². The Labute approximate surface area is 90.9 Å². The minimum Gasteiger partial charge on any atom is -0.493 e. The van der Waals surface area contributed by atoms with Gasteiger partial charge in [0.2, 0.25) is 0 Å². The molecule has 0 aliphatic rings. The quantitative estimate of drug-likeness (QED) is 0.748. The SMILES string of the molecule is CC(C)COc1ccc(N)c(C(C)O)c1. The van der Waals surface area contributed by atoms with Crippen molar-refractivity contribution in [2.24, 2.45) is 5.92 Å². The molecule has 0 saturated heterocycles. The molecular formula is C12H19NO2. The molecule has 1 atom stereocenters. The molecule has 0 bridgehead atoms. The third-order valence-corrected chi connectivity index (χ3v) is 2.09. The molecule has 0 aliphatic carbocycles. The van der Waals surface area contributed by atoms with Crippen LogP contribution < -0.4 is 10.5 Å². The standard InChI is InChI=1S/C12H19NO2/c1-8(2)7-15-10-4-5-12(13)11(6-10)9(3)14/h4-6,8-9,14H,7,13H2,1-3H3. The fourth-order valence-electron chi connectivity index (χ4n) is 1.27. The second kappa shape index (κ2) is 5.03. The zero-order valence-corrected chi connectivity index (χ0v) is 9.53. The van der Waals surface area contributed by atoms with Crippen molar-refractivity contribution in [3.63, 3.8) is 0 Å². The van der Waals surface area contributed by atoms with Crippen LogP contribution in [0.1, 0.15) is 32.4 Å². The van der Waals surface area contributed by atoms with Crippen molar-refractivity contribution in [2.45, 2.75) is 26.9 Å². The van der Waals surface area contributed by atoms with E-state index < -0.39 is 6.10 Å². The Morgan fingerprint density at radius 2 is 2.00 bits per heavy atom. The summed E-state index contributed by atoms with van der Waals surface area (Å²) in [6.07, 6.45) is -0.562. The molecule has 3 nitrogen and oxygen atoms in total. The van der Waals surface area contributed by atoms with E-state index in [-0.39, 0.29) is 0 Å². The highest BCUT2D eigenvalue weighted by atomic mass is 16.5. The van der Waals surface area contributed by atoms with E-state index in [0.29, 0.717) is 18.2 Å². The molecule has 3 N–H and O–H groups in total. The minimum atomic E-state index is -0.562. The number of nitrogens with two attached hydrogens (primary N) is 1. The van der Waals surface area contributed by atoms with E-state index in [2.05, 4.69) is 13.8 Å². The lowest BCUT2D eigenvalue weighted by molar-refractivity contribution is 0.199. The zero-order valence-electron chi connectivity index (χ0n) is 9.53. The average molecular weight is 209 g/mol.